The number of esters is 1. The average Bonchev–Trinajstić information content (AvgIpc) is 3.13. The minimum Gasteiger partial charge on any atom is -0.484 e. The molecule has 62 heavy (non-hydrogen) atoms. The normalized spacial score (nSPS) is 20.0. The van der Waals surface area contributed by atoms with Crippen molar-refractivity contribution in [3.05, 3.63) is 35.9 Å². The van der Waals surface area contributed by atoms with E-state index in [1.54, 1.807) is 86.0 Å². The fraction of sp³-hybridized carbons (Fsp3) is 0.571. The maximum Gasteiger partial charge on any atom is 0.410 e. The van der Waals surface area contributed by atoms with E-state index < -0.39 is 64.3 Å². The first-order chi connectivity index (χ1) is 28.8. The molecule has 0 bridgehead atoms. The number of fused-ring (bicyclic) bond motifs is 4. The summed E-state index contributed by atoms with van der Waals surface area (Å²) in [4.78, 5) is 55.4. The van der Waals surface area contributed by atoms with Crippen molar-refractivity contribution in [1.29, 1.82) is 0 Å². The summed E-state index contributed by atoms with van der Waals surface area (Å²) in [6.45, 7) is 20.9. The number of nitrogens with one attached hydrogen (secondary N) is 1. The summed E-state index contributed by atoms with van der Waals surface area (Å²) in [5.41, 5.74) is 0.625. The molecule has 2 aromatic rings. The predicted octanol–water partition coefficient (Wildman–Crippen LogP) is 5.94. The summed E-state index contributed by atoms with van der Waals surface area (Å²) in [7, 11) is 0. The molecule has 2 fully saturated rings. The Bertz CT molecular complexity index is 2160. The van der Waals surface area contributed by atoms with Crippen molar-refractivity contribution in [2.45, 2.75) is 111 Å². The lowest BCUT2D eigenvalue weighted by molar-refractivity contribution is -0.144. The monoisotopic (exact) mass is 888 g/mol. The van der Waals surface area contributed by atoms with E-state index in [1.807, 2.05) is 0 Å². The zero-order valence-electron chi connectivity index (χ0n) is 36.8. The Morgan fingerprint density at radius 3 is 1.81 bits per heavy atom. The third kappa shape index (κ3) is 10.0. The van der Waals surface area contributed by atoms with Crippen molar-refractivity contribution in [3.8, 4) is 23.0 Å². The van der Waals surface area contributed by atoms with Gasteiger partial charge in [-0.25, -0.2) is 28.6 Å². The molecule has 0 aromatic heterocycles. The van der Waals surface area contributed by atoms with Gasteiger partial charge >= 0.3 is 18.2 Å². The number of thiocarbonyl (C=S) groups is 1. The highest BCUT2D eigenvalue weighted by Crippen LogP contribution is 2.43. The lowest BCUT2D eigenvalue weighted by Crippen LogP contribution is -2.65. The van der Waals surface area contributed by atoms with Crippen molar-refractivity contribution in [3.63, 3.8) is 0 Å². The van der Waals surface area contributed by atoms with Gasteiger partial charge in [0.05, 0.1) is 44.2 Å². The molecule has 2 aromatic carbocycles. The Hall–Kier alpha value is -5.66. The molecule has 1 N–H and O–H groups in total. The first kappa shape index (κ1) is 45.9. The van der Waals surface area contributed by atoms with Gasteiger partial charge in [-0.15, -0.1) is 0 Å². The fourth-order valence-electron chi connectivity index (χ4n) is 7.24. The third-order valence-corrected chi connectivity index (χ3v) is 10.3. The number of anilines is 2. The van der Waals surface area contributed by atoms with Crippen LogP contribution < -0.4 is 34.2 Å². The van der Waals surface area contributed by atoms with Crippen LogP contribution in [0.5, 0.6) is 23.0 Å². The lowest BCUT2D eigenvalue weighted by atomic mass is 9.97. The number of hydrogen-bond acceptors (Lipinski definition) is 14. The number of likely N-dealkylation sites (tertiary alicyclic amines) is 2. The number of carbonyl (C=O) groups is 4. The van der Waals surface area contributed by atoms with Gasteiger partial charge in [-0.3, -0.25) is 4.79 Å². The van der Waals surface area contributed by atoms with E-state index in [-0.39, 0.29) is 69.2 Å². The SMILES string of the molecule is CC1C(=O)NN=C2COc3cc(F)c(OC4(C)CN(C(=O)OC(C)(C)C)C4)cc3N21.CCOC(=O)C(C)N1C(=S)COc2cc(F)c(OC3(C)CN(C(=O)OC(C)(C)C)C3)cc21. The van der Waals surface area contributed by atoms with Crippen molar-refractivity contribution >= 4 is 58.5 Å². The van der Waals surface area contributed by atoms with Gasteiger partial charge in [-0.2, -0.15) is 5.10 Å². The van der Waals surface area contributed by atoms with E-state index >= 15 is 0 Å². The fourth-order valence-corrected chi connectivity index (χ4v) is 7.56. The van der Waals surface area contributed by atoms with E-state index in [0.29, 0.717) is 27.9 Å². The quantitative estimate of drug-likeness (QED) is 0.197. The van der Waals surface area contributed by atoms with Crippen LogP contribution >= 0.6 is 12.2 Å². The Morgan fingerprint density at radius 2 is 1.32 bits per heavy atom. The largest absolute Gasteiger partial charge is 0.484 e. The minimum atomic E-state index is -0.792. The van der Waals surface area contributed by atoms with Gasteiger partial charge in [-0.1, -0.05) is 12.2 Å². The Balaban J connectivity index is 0.000000207. The first-order valence-electron chi connectivity index (χ1n) is 20.2. The van der Waals surface area contributed by atoms with Crippen molar-refractivity contribution in [2.24, 2.45) is 5.10 Å². The molecule has 0 saturated carbocycles. The highest BCUT2D eigenvalue weighted by molar-refractivity contribution is 7.80. The molecule has 17 nitrogen and oxygen atoms in total. The molecular formula is C42H54F2N6O11S. The van der Waals surface area contributed by atoms with Crippen LogP contribution in [0.3, 0.4) is 0 Å². The van der Waals surface area contributed by atoms with E-state index in [0.717, 1.165) is 0 Å². The number of amides is 3. The Morgan fingerprint density at radius 1 is 0.855 bits per heavy atom. The maximum absolute atomic E-state index is 14.8. The zero-order chi connectivity index (χ0) is 45.7. The summed E-state index contributed by atoms with van der Waals surface area (Å²) in [5.74, 6) is -0.822. The molecule has 3 amide bonds. The van der Waals surface area contributed by atoms with Crippen molar-refractivity contribution in [1.82, 2.24) is 15.2 Å². The second kappa shape index (κ2) is 16.9. The number of carbonyl (C=O) groups excluding carboxylic acids is 4. The summed E-state index contributed by atoms with van der Waals surface area (Å²) < 4.78 is 68.4. The molecule has 0 aliphatic carbocycles. The van der Waals surface area contributed by atoms with Crippen LogP contribution in [0.1, 0.15) is 76.2 Å². The molecule has 2 unspecified atom stereocenters. The Labute approximate surface area is 364 Å². The minimum absolute atomic E-state index is 0.0168. The standard InChI is InChI=1S/C22H29FN2O6S.C20H25FN4O5/c1-7-28-19(26)13(2)25-15-9-16(14(23)8-17(15)29-10-18(25)32)30-22(6)11-24(12-22)20(27)31-21(3,4)5;1-11-17(26)23-22-16-8-28-15-6-12(21)14(7-13(15)25(11)16)29-20(5)9-24(10-20)18(27)30-19(2,3)4/h8-9,13H,7,10-12H2,1-6H3;6-7,11H,8-10H2,1-5H3,(H,23,26). The molecule has 20 heteroatoms. The molecule has 5 heterocycles. The highest BCUT2D eigenvalue weighted by Gasteiger charge is 2.47. The third-order valence-electron chi connectivity index (χ3n) is 10.00. The van der Waals surface area contributed by atoms with Crippen molar-refractivity contribution < 1.29 is 61.1 Å². The highest BCUT2D eigenvalue weighted by atomic mass is 32.1. The average molecular weight is 889 g/mol. The first-order valence-corrected chi connectivity index (χ1v) is 20.6. The summed E-state index contributed by atoms with van der Waals surface area (Å²) in [6.07, 6.45) is -0.880. The van der Waals surface area contributed by atoms with E-state index in [9.17, 15) is 28.0 Å². The van der Waals surface area contributed by atoms with E-state index in [4.69, 9.17) is 45.4 Å². The van der Waals surface area contributed by atoms with Gasteiger partial charge in [0.1, 0.15) is 64.2 Å². The summed E-state index contributed by atoms with van der Waals surface area (Å²) >= 11 is 5.39. The van der Waals surface area contributed by atoms with Gasteiger partial charge in [0.2, 0.25) is 0 Å². The number of hydrazone groups is 1. The zero-order valence-corrected chi connectivity index (χ0v) is 37.6. The Kier molecular flexibility index (Phi) is 12.5. The molecule has 7 rings (SSSR count). The second-order valence-corrected chi connectivity index (χ2v) is 18.6. The molecule has 338 valence electrons. The summed E-state index contributed by atoms with van der Waals surface area (Å²) in [5, 5.41) is 4.02. The van der Waals surface area contributed by atoms with Crippen LogP contribution in [0.15, 0.2) is 29.4 Å². The number of nitrogens with zero attached hydrogens (tertiary/aromatic N) is 5. The van der Waals surface area contributed by atoms with Crippen molar-refractivity contribution in [2.75, 3.05) is 55.8 Å². The van der Waals surface area contributed by atoms with Crippen LogP contribution in [0.4, 0.5) is 29.7 Å². The van der Waals surface area contributed by atoms with Gasteiger partial charge in [0, 0.05) is 24.3 Å². The second-order valence-electron chi connectivity index (χ2n) is 18.1. The van der Waals surface area contributed by atoms with Gasteiger partial charge in [0.25, 0.3) is 5.91 Å². The molecule has 0 spiro atoms. The lowest BCUT2D eigenvalue weighted by Gasteiger charge is -2.47. The van der Waals surface area contributed by atoms with Crippen LogP contribution in [0.2, 0.25) is 0 Å². The predicted molar refractivity (Wildman–Crippen MR) is 226 cm³/mol. The molecule has 2 saturated heterocycles. The van der Waals surface area contributed by atoms with Crippen LogP contribution in [-0.2, 0) is 23.8 Å². The van der Waals surface area contributed by atoms with Crippen LogP contribution in [0.25, 0.3) is 0 Å². The van der Waals surface area contributed by atoms with Gasteiger partial charge in [-0.05, 0) is 76.2 Å². The topological polar surface area (TPSA) is 170 Å². The smallest absolute Gasteiger partial charge is 0.410 e. The molecule has 5 aliphatic rings. The molecule has 5 aliphatic heterocycles. The number of halogens is 2. The molecule has 2 atom stereocenters. The number of amidine groups is 1. The number of benzene rings is 2. The summed E-state index contributed by atoms with van der Waals surface area (Å²) in [6, 6.07) is 4.19. The molecule has 0 radical (unpaired) electrons. The molecular weight excluding hydrogens is 835 g/mol. The van der Waals surface area contributed by atoms with E-state index in [1.165, 1.54) is 34.1 Å². The number of ether oxygens (including phenoxy) is 7. The number of rotatable bonds is 7. The van der Waals surface area contributed by atoms with Crippen LogP contribution in [0, 0.1) is 11.6 Å². The maximum atomic E-state index is 14.8. The van der Waals surface area contributed by atoms with Crippen LogP contribution in [-0.4, -0.2) is 125 Å². The van der Waals surface area contributed by atoms with E-state index in [2.05, 4.69) is 10.5 Å². The number of hydrogen-bond donors (Lipinski definition) is 1. The van der Waals surface area contributed by atoms with Gasteiger partial charge in [0.15, 0.2) is 29.0 Å². The van der Waals surface area contributed by atoms with Gasteiger partial charge < -0.3 is 52.8 Å².